The molecule has 0 radical (unpaired) electrons. The smallest absolute Gasteiger partial charge is 0.403 e. The van der Waals surface area contributed by atoms with E-state index in [-0.39, 0.29) is 6.04 Å². The summed E-state index contributed by atoms with van der Waals surface area (Å²) >= 11 is 0. The first-order chi connectivity index (χ1) is 10.5. The molecule has 5 heteroatoms. The third-order valence-electron chi connectivity index (χ3n) is 3.49. The van der Waals surface area contributed by atoms with Crippen molar-refractivity contribution in [2.24, 2.45) is 5.73 Å². The number of rotatable bonds is 6. The molecule has 2 atom stereocenters. The van der Waals surface area contributed by atoms with Crippen LogP contribution < -0.4 is 5.73 Å². The minimum atomic E-state index is -3.29. The molecule has 1 aromatic carbocycles. The lowest BCUT2D eigenvalue weighted by Gasteiger charge is -2.26. The Morgan fingerprint density at radius 2 is 1.95 bits per heavy atom. The number of benzene rings is 1. The third kappa shape index (κ3) is 4.10. The summed E-state index contributed by atoms with van der Waals surface area (Å²) in [4.78, 5) is 0. The Hall–Kier alpha value is -1.35. The van der Waals surface area contributed by atoms with Crippen LogP contribution in [0.15, 0.2) is 41.9 Å². The van der Waals surface area contributed by atoms with Crippen LogP contribution in [0.4, 0.5) is 0 Å². The van der Waals surface area contributed by atoms with Gasteiger partial charge >= 0.3 is 7.60 Å². The van der Waals surface area contributed by atoms with Crippen molar-refractivity contribution < 1.29 is 13.6 Å². The van der Waals surface area contributed by atoms with Gasteiger partial charge in [-0.1, -0.05) is 43.2 Å². The number of hydrogen-bond donors (Lipinski definition) is 1. The second-order valence-electron chi connectivity index (χ2n) is 5.44. The number of nitrogens with two attached hydrogens (primary N) is 1. The van der Waals surface area contributed by atoms with Gasteiger partial charge in [0, 0.05) is 5.82 Å². The van der Waals surface area contributed by atoms with Crippen LogP contribution in [-0.4, -0.2) is 12.6 Å². The van der Waals surface area contributed by atoms with Crippen molar-refractivity contribution in [3.05, 3.63) is 53.0 Å². The average molecular weight is 321 g/mol. The highest BCUT2D eigenvalue weighted by molar-refractivity contribution is 7.57. The Balaban J connectivity index is 2.40. The van der Waals surface area contributed by atoms with E-state index in [1.165, 1.54) is 5.56 Å². The normalized spacial score (nSPS) is 22.5. The van der Waals surface area contributed by atoms with Gasteiger partial charge < -0.3 is 10.3 Å². The molecule has 0 fully saturated rings. The molecular formula is C17H24NO3P. The zero-order valence-electron chi connectivity index (χ0n) is 13.4. The summed E-state index contributed by atoms with van der Waals surface area (Å²) in [6.45, 7) is 6.21. The number of aryl methyl sites for hydroxylation is 1. The van der Waals surface area contributed by atoms with E-state index in [4.69, 9.17) is 14.8 Å². The summed E-state index contributed by atoms with van der Waals surface area (Å²) in [6.07, 6.45) is 3.59. The first kappa shape index (κ1) is 17.0. The zero-order valence-corrected chi connectivity index (χ0v) is 14.3. The van der Waals surface area contributed by atoms with Gasteiger partial charge in [0.25, 0.3) is 0 Å². The highest BCUT2D eigenvalue weighted by atomic mass is 31.2. The van der Waals surface area contributed by atoms with E-state index in [9.17, 15) is 4.57 Å². The van der Waals surface area contributed by atoms with E-state index < -0.39 is 7.60 Å². The van der Waals surface area contributed by atoms with Gasteiger partial charge in [0.1, 0.15) is 5.76 Å². The van der Waals surface area contributed by atoms with Crippen molar-refractivity contribution in [3.63, 3.8) is 0 Å². The van der Waals surface area contributed by atoms with Crippen molar-refractivity contribution in [2.45, 2.75) is 39.7 Å². The lowest BCUT2D eigenvalue weighted by atomic mass is 10.0. The van der Waals surface area contributed by atoms with E-state index in [0.717, 1.165) is 24.0 Å². The molecule has 1 aliphatic rings. The van der Waals surface area contributed by atoms with E-state index in [1.807, 2.05) is 37.3 Å². The van der Waals surface area contributed by atoms with Gasteiger partial charge in [0.05, 0.1) is 12.6 Å². The molecule has 22 heavy (non-hydrogen) atoms. The van der Waals surface area contributed by atoms with Crippen LogP contribution in [-0.2, 0) is 13.6 Å². The van der Waals surface area contributed by atoms with Crippen molar-refractivity contribution in [3.8, 4) is 0 Å². The fraction of sp³-hybridized carbons (Fsp3) is 0.412. The van der Waals surface area contributed by atoms with Crippen LogP contribution in [0.2, 0.25) is 0 Å². The standard InChI is InChI=1S/C17H24NO3P/c1-4-6-16(18)17-11-15(12-22(19,21-17)20-5-2)14-9-7-13(3)8-10-14/h7-12,16H,4-6,18H2,1-3H3. The first-order valence-corrected chi connectivity index (χ1v) is 9.29. The summed E-state index contributed by atoms with van der Waals surface area (Å²) in [6, 6.07) is 7.78. The van der Waals surface area contributed by atoms with Crippen molar-refractivity contribution in [1.82, 2.24) is 0 Å². The lowest BCUT2D eigenvalue weighted by Crippen LogP contribution is -2.24. The summed E-state index contributed by atoms with van der Waals surface area (Å²) < 4.78 is 23.7. The quantitative estimate of drug-likeness (QED) is 0.777. The van der Waals surface area contributed by atoms with Crippen LogP contribution in [0.25, 0.3) is 5.57 Å². The third-order valence-corrected chi connectivity index (χ3v) is 5.16. The van der Waals surface area contributed by atoms with Crippen LogP contribution >= 0.6 is 7.60 Å². The molecule has 2 N–H and O–H groups in total. The van der Waals surface area contributed by atoms with E-state index in [1.54, 1.807) is 12.7 Å². The van der Waals surface area contributed by atoms with Crippen LogP contribution in [0, 0.1) is 6.92 Å². The van der Waals surface area contributed by atoms with Crippen molar-refractivity contribution in [2.75, 3.05) is 6.61 Å². The molecule has 0 bridgehead atoms. The molecule has 1 aliphatic heterocycles. The summed E-state index contributed by atoms with van der Waals surface area (Å²) in [5, 5.41) is 0. The fourth-order valence-electron chi connectivity index (χ4n) is 2.34. The fourth-order valence-corrected chi connectivity index (χ4v) is 3.92. The molecular weight excluding hydrogens is 297 g/mol. The monoisotopic (exact) mass is 321 g/mol. The Labute approximate surface area is 132 Å². The van der Waals surface area contributed by atoms with Crippen molar-refractivity contribution >= 4 is 13.2 Å². The molecule has 0 saturated heterocycles. The summed E-state index contributed by atoms with van der Waals surface area (Å²) in [5.74, 6) is 2.13. The van der Waals surface area contributed by atoms with Gasteiger partial charge in [-0.2, -0.15) is 0 Å². The highest BCUT2D eigenvalue weighted by Gasteiger charge is 2.30. The average Bonchev–Trinajstić information content (AvgIpc) is 2.47. The van der Waals surface area contributed by atoms with E-state index in [2.05, 4.69) is 6.92 Å². The maximum Gasteiger partial charge on any atom is 0.403 e. The molecule has 1 heterocycles. The maximum atomic E-state index is 12.8. The molecule has 2 rings (SSSR count). The number of hydrogen-bond acceptors (Lipinski definition) is 4. The molecule has 0 spiro atoms. The zero-order chi connectivity index (χ0) is 16.2. The van der Waals surface area contributed by atoms with Crippen LogP contribution in [0.3, 0.4) is 0 Å². The SMILES string of the molecule is CCCC(N)C1=CC(c2ccc(C)cc2)=CP(=O)(OCC)O1. The second-order valence-corrected chi connectivity index (χ2v) is 7.22. The van der Waals surface area contributed by atoms with Gasteiger partial charge in [0.2, 0.25) is 0 Å². The molecule has 0 amide bonds. The largest absolute Gasteiger partial charge is 0.424 e. The Kier molecular flexibility index (Phi) is 5.63. The molecule has 0 saturated carbocycles. The predicted molar refractivity (Wildman–Crippen MR) is 90.4 cm³/mol. The first-order valence-electron chi connectivity index (χ1n) is 7.68. The van der Waals surface area contributed by atoms with Gasteiger partial charge in [-0.05, 0) is 37.5 Å². The summed E-state index contributed by atoms with van der Waals surface area (Å²) in [7, 11) is -3.29. The highest BCUT2D eigenvalue weighted by Crippen LogP contribution is 2.56. The molecule has 0 aromatic heterocycles. The number of allylic oxidation sites excluding steroid dienone is 2. The Morgan fingerprint density at radius 1 is 1.27 bits per heavy atom. The second kappa shape index (κ2) is 7.28. The Morgan fingerprint density at radius 3 is 2.55 bits per heavy atom. The van der Waals surface area contributed by atoms with Gasteiger partial charge in [-0.3, -0.25) is 4.52 Å². The molecule has 1 aromatic rings. The maximum absolute atomic E-state index is 12.8. The van der Waals surface area contributed by atoms with Crippen LogP contribution in [0.1, 0.15) is 37.8 Å². The summed E-state index contributed by atoms with van der Waals surface area (Å²) in [5.41, 5.74) is 9.14. The van der Waals surface area contributed by atoms with Crippen LogP contribution in [0.5, 0.6) is 0 Å². The molecule has 4 nitrogen and oxygen atoms in total. The lowest BCUT2D eigenvalue weighted by molar-refractivity contribution is 0.247. The molecule has 120 valence electrons. The Bertz CT molecular complexity index is 619. The van der Waals surface area contributed by atoms with E-state index in [0.29, 0.717) is 12.4 Å². The predicted octanol–water partition coefficient (Wildman–Crippen LogP) is 4.61. The molecule has 2 unspecified atom stereocenters. The van der Waals surface area contributed by atoms with E-state index >= 15 is 0 Å². The minimum absolute atomic E-state index is 0.270. The van der Waals surface area contributed by atoms with Gasteiger partial charge in [-0.25, -0.2) is 4.57 Å². The van der Waals surface area contributed by atoms with Gasteiger partial charge in [-0.15, -0.1) is 0 Å². The molecule has 0 aliphatic carbocycles. The van der Waals surface area contributed by atoms with Crippen molar-refractivity contribution in [1.29, 1.82) is 0 Å². The topological polar surface area (TPSA) is 61.6 Å². The van der Waals surface area contributed by atoms with Gasteiger partial charge in [0.15, 0.2) is 0 Å². The minimum Gasteiger partial charge on any atom is -0.424 e.